The van der Waals surface area contributed by atoms with E-state index in [0.29, 0.717) is 57.1 Å². The Bertz CT molecular complexity index is 1330. The fraction of sp³-hybridized carbons (Fsp3) is 0.423. The molecule has 0 bridgehead atoms. The number of rotatable bonds is 6. The molecule has 2 fully saturated rings. The maximum absolute atomic E-state index is 16.1. The minimum atomic E-state index is -0.892. The molecular weight excluding hydrogens is 520 g/mol. The van der Waals surface area contributed by atoms with Crippen molar-refractivity contribution in [2.75, 3.05) is 70.5 Å². The third-order valence-electron chi connectivity index (χ3n) is 6.85. The molecule has 0 aliphatic carbocycles. The number of aromatic hydroxyl groups is 1. The molecule has 1 aromatic heterocycles. The zero-order valence-electron chi connectivity index (χ0n) is 20.9. The van der Waals surface area contributed by atoms with E-state index in [2.05, 4.69) is 14.9 Å². The van der Waals surface area contributed by atoms with E-state index in [9.17, 15) is 14.3 Å². The number of aromatic nitrogens is 2. The smallest absolute Gasteiger partial charge is 0.319 e. The lowest BCUT2D eigenvalue weighted by Crippen LogP contribution is -2.48. The van der Waals surface area contributed by atoms with Crippen molar-refractivity contribution in [3.05, 3.63) is 40.9 Å². The molecular formula is C26H28ClF2N5O4. The van der Waals surface area contributed by atoms with E-state index < -0.39 is 17.4 Å². The van der Waals surface area contributed by atoms with Crippen LogP contribution < -0.4 is 9.64 Å². The fourth-order valence-electron chi connectivity index (χ4n) is 4.78. The SMILES string of the molecule is CC(=O)N1CCN(c2nc(OCCN3CCOCC3)nc3c(F)c(-c4c(O)cccc4F)c(Cl)cc23)CC1. The van der Waals surface area contributed by atoms with E-state index in [1.54, 1.807) is 4.90 Å². The van der Waals surface area contributed by atoms with Crippen LogP contribution in [0.3, 0.4) is 0 Å². The maximum Gasteiger partial charge on any atom is 0.319 e. The summed E-state index contributed by atoms with van der Waals surface area (Å²) in [5.74, 6) is -1.77. The summed E-state index contributed by atoms with van der Waals surface area (Å²) in [7, 11) is 0. The summed E-state index contributed by atoms with van der Waals surface area (Å²) in [5.41, 5.74) is -0.741. The molecule has 0 radical (unpaired) electrons. The Balaban J connectivity index is 1.55. The molecule has 9 nitrogen and oxygen atoms in total. The third kappa shape index (κ3) is 5.31. The minimum absolute atomic E-state index is 0.0206. The Hall–Kier alpha value is -3.28. The minimum Gasteiger partial charge on any atom is -0.507 e. The summed E-state index contributed by atoms with van der Waals surface area (Å²) < 4.78 is 42.0. The Morgan fingerprint density at radius 3 is 2.53 bits per heavy atom. The van der Waals surface area contributed by atoms with E-state index in [-0.39, 0.29) is 40.2 Å². The van der Waals surface area contributed by atoms with Crippen molar-refractivity contribution in [2.45, 2.75) is 6.92 Å². The van der Waals surface area contributed by atoms with Gasteiger partial charge in [-0.3, -0.25) is 9.69 Å². The number of carbonyl (C=O) groups is 1. The summed E-state index contributed by atoms with van der Waals surface area (Å²) in [4.78, 5) is 26.6. The first-order valence-corrected chi connectivity index (χ1v) is 12.8. The number of phenols is 1. The van der Waals surface area contributed by atoms with E-state index in [1.165, 1.54) is 25.1 Å². The molecule has 3 heterocycles. The van der Waals surface area contributed by atoms with Gasteiger partial charge in [0.05, 0.1) is 23.8 Å². The number of benzene rings is 2. The number of nitrogens with zero attached hydrogens (tertiary/aromatic N) is 5. The average Bonchev–Trinajstić information content (AvgIpc) is 2.91. The van der Waals surface area contributed by atoms with Crippen LogP contribution in [0.1, 0.15) is 6.92 Å². The van der Waals surface area contributed by atoms with E-state index in [0.717, 1.165) is 19.2 Å². The molecule has 1 N–H and O–H groups in total. The van der Waals surface area contributed by atoms with Crippen molar-refractivity contribution < 1.29 is 28.2 Å². The quantitative estimate of drug-likeness (QED) is 0.503. The van der Waals surface area contributed by atoms with Crippen LogP contribution in [0, 0.1) is 11.6 Å². The largest absolute Gasteiger partial charge is 0.507 e. The van der Waals surface area contributed by atoms with E-state index in [4.69, 9.17) is 21.1 Å². The van der Waals surface area contributed by atoms with Crippen LogP contribution in [0.4, 0.5) is 14.6 Å². The number of hydrogen-bond donors (Lipinski definition) is 1. The number of morpholine rings is 1. The number of fused-ring (bicyclic) bond motifs is 1. The number of ether oxygens (including phenoxy) is 2. The highest BCUT2D eigenvalue weighted by Gasteiger charge is 2.27. The molecule has 0 spiro atoms. The second-order valence-electron chi connectivity index (χ2n) is 9.20. The van der Waals surface area contributed by atoms with Gasteiger partial charge >= 0.3 is 6.01 Å². The van der Waals surface area contributed by atoms with Crippen molar-refractivity contribution in [2.24, 2.45) is 0 Å². The molecule has 0 saturated carbocycles. The van der Waals surface area contributed by atoms with Crippen molar-refractivity contribution in [3.8, 4) is 22.9 Å². The van der Waals surface area contributed by atoms with Gasteiger partial charge in [0, 0.05) is 63.7 Å². The fourth-order valence-corrected chi connectivity index (χ4v) is 5.07. The Labute approximate surface area is 223 Å². The Morgan fingerprint density at radius 1 is 1.11 bits per heavy atom. The van der Waals surface area contributed by atoms with Gasteiger partial charge < -0.3 is 24.4 Å². The molecule has 38 heavy (non-hydrogen) atoms. The van der Waals surface area contributed by atoms with E-state index in [1.807, 2.05) is 4.90 Å². The van der Waals surface area contributed by atoms with Gasteiger partial charge in [0.2, 0.25) is 5.91 Å². The van der Waals surface area contributed by atoms with Gasteiger partial charge in [-0.1, -0.05) is 17.7 Å². The predicted molar refractivity (Wildman–Crippen MR) is 139 cm³/mol. The molecule has 1 amide bonds. The van der Waals surface area contributed by atoms with Gasteiger partial charge in [0.25, 0.3) is 0 Å². The topological polar surface area (TPSA) is 91.3 Å². The van der Waals surface area contributed by atoms with Crippen LogP contribution in [0.25, 0.3) is 22.0 Å². The van der Waals surface area contributed by atoms with Gasteiger partial charge in [-0.2, -0.15) is 9.97 Å². The molecule has 2 aliphatic heterocycles. The normalized spacial score (nSPS) is 16.7. The first-order valence-electron chi connectivity index (χ1n) is 12.4. The third-order valence-corrected chi connectivity index (χ3v) is 7.15. The molecule has 2 aromatic carbocycles. The number of phenolic OH excluding ortho intramolecular Hbond substituents is 1. The predicted octanol–water partition coefficient (Wildman–Crippen LogP) is 3.31. The first-order chi connectivity index (χ1) is 18.3. The van der Waals surface area contributed by atoms with Crippen LogP contribution in [0.15, 0.2) is 24.3 Å². The maximum atomic E-state index is 16.1. The average molecular weight is 548 g/mol. The second-order valence-corrected chi connectivity index (χ2v) is 9.61. The van der Waals surface area contributed by atoms with Crippen LogP contribution in [-0.4, -0.2) is 96.4 Å². The summed E-state index contributed by atoms with van der Waals surface area (Å²) in [5, 5.41) is 10.5. The van der Waals surface area contributed by atoms with E-state index >= 15 is 4.39 Å². The first kappa shape index (κ1) is 26.3. The highest BCUT2D eigenvalue weighted by molar-refractivity contribution is 6.34. The van der Waals surface area contributed by atoms with Gasteiger partial charge in [-0.05, 0) is 18.2 Å². The lowest BCUT2D eigenvalue weighted by Gasteiger charge is -2.35. The van der Waals surface area contributed by atoms with Crippen molar-refractivity contribution in [3.63, 3.8) is 0 Å². The van der Waals surface area contributed by atoms with Gasteiger partial charge in [-0.25, -0.2) is 8.78 Å². The number of carbonyl (C=O) groups excluding carboxylic acids is 1. The number of anilines is 1. The molecule has 0 atom stereocenters. The molecule has 3 aromatic rings. The van der Waals surface area contributed by atoms with Gasteiger partial charge in [-0.15, -0.1) is 0 Å². The molecule has 5 rings (SSSR count). The van der Waals surface area contributed by atoms with Crippen LogP contribution in [-0.2, 0) is 9.53 Å². The van der Waals surface area contributed by atoms with Crippen LogP contribution in [0.2, 0.25) is 5.02 Å². The lowest BCUT2D eigenvalue weighted by molar-refractivity contribution is -0.129. The van der Waals surface area contributed by atoms with Crippen molar-refractivity contribution in [1.29, 1.82) is 0 Å². The molecule has 2 aliphatic rings. The van der Waals surface area contributed by atoms with Gasteiger partial charge in [0.15, 0.2) is 5.82 Å². The van der Waals surface area contributed by atoms with Crippen molar-refractivity contribution >= 4 is 34.2 Å². The zero-order valence-corrected chi connectivity index (χ0v) is 21.7. The summed E-state index contributed by atoms with van der Waals surface area (Å²) >= 11 is 6.48. The number of halogens is 3. The highest BCUT2D eigenvalue weighted by Crippen LogP contribution is 2.42. The number of amides is 1. The highest BCUT2D eigenvalue weighted by atomic mass is 35.5. The van der Waals surface area contributed by atoms with Crippen LogP contribution in [0.5, 0.6) is 11.8 Å². The van der Waals surface area contributed by atoms with Gasteiger partial charge in [0.1, 0.15) is 29.5 Å². The second kappa shape index (κ2) is 11.2. The summed E-state index contributed by atoms with van der Waals surface area (Å²) in [6.07, 6.45) is 0. The number of piperazine rings is 1. The van der Waals surface area contributed by atoms with Crippen LogP contribution >= 0.6 is 11.6 Å². The molecule has 202 valence electrons. The summed E-state index contributed by atoms with van der Waals surface area (Å²) in [6.45, 7) is 7.19. The zero-order chi connectivity index (χ0) is 26.8. The Morgan fingerprint density at radius 2 is 1.84 bits per heavy atom. The summed E-state index contributed by atoms with van der Waals surface area (Å²) in [6, 6.07) is 5.15. The molecule has 0 unspecified atom stereocenters. The van der Waals surface area contributed by atoms with Crippen molar-refractivity contribution in [1.82, 2.24) is 19.8 Å². The Kier molecular flexibility index (Phi) is 7.78. The monoisotopic (exact) mass is 547 g/mol. The molecule has 2 saturated heterocycles. The lowest BCUT2D eigenvalue weighted by atomic mass is 10.0. The molecule has 12 heteroatoms. The standard InChI is InChI=1S/C26H28ClF2N5O4/c1-16(35)33-5-7-34(8-6-33)25-17-15-18(27)21(22-19(28)3-2-4-20(22)36)23(29)24(17)30-26(31-25)38-14-11-32-9-12-37-13-10-32/h2-4,15,36H,5-14H2,1H3. The number of hydrogen-bond acceptors (Lipinski definition) is 8.